The van der Waals surface area contributed by atoms with Crippen molar-refractivity contribution in [1.29, 1.82) is 0 Å². The standard InChI is InChI=1S/C68H85BN2/c1-61(2,3)43-24-28-47(29-25-43)70-53-30-26-45(63(7,8)9)39-51(53)69-52-40-46(64(10,11)12)27-31-54(52)71(48-23-21-22-44(38-48)62(4,5)6)56-37-42(36-55(70)60(56)69)57-58-49(65(13,14)32-34-67(58,17)18)41-50-59(57)68(19,20)35-33-66(50,15)16/h21-31,36-41H,32-35H2,1-20H3. The summed E-state index contributed by atoms with van der Waals surface area (Å²) in [7, 11) is 0. The van der Waals surface area contributed by atoms with Gasteiger partial charge in [0.15, 0.2) is 0 Å². The molecule has 10 rings (SSSR count). The topological polar surface area (TPSA) is 6.48 Å². The minimum atomic E-state index is -0.0305. The first-order valence-corrected chi connectivity index (χ1v) is 27.2. The fourth-order valence-corrected chi connectivity index (χ4v) is 13.1. The van der Waals surface area contributed by atoms with Crippen LogP contribution in [-0.2, 0) is 43.3 Å². The molecule has 3 heteroatoms. The smallest absolute Gasteiger partial charge is 0.252 e. The lowest BCUT2D eigenvalue weighted by molar-refractivity contribution is 0.314. The van der Waals surface area contributed by atoms with Crippen molar-refractivity contribution in [1.82, 2.24) is 0 Å². The monoisotopic (exact) mass is 941 g/mol. The summed E-state index contributed by atoms with van der Waals surface area (Å²) in [6.45, 7) is 48.6. The lowest BCUT2D eigenvalue weighted by Gasteiger charge is -2.50. The normalized spacial score (nSPS) is 18.6. The summed E-state index contributed by atoms with van der Waals surface area (Å²) in [5.74, 6) is 0. The van der Waals surface area contributed by atoms with E-state index < -0.39 is 0 Å². The molecule has 0 atom stereocenters. The van der Waals surface area contributed by atoms with Gasteiger partial charge in [-0.05, 0) is 190 Å². The summed E-state index contributed by atoms with van der Waals surface area (Å²) < 4.78 is 0. The second kappa shape index (κ2) is 15.7. The summed E-state index contributed by atoms with van der Waals surface area (Å²) in [5, 5.41) is 0. The molecule has 0 saturated carbocycles. The zero-order valence-corrected chi connectivity index (χ0v) is 47.6. The van der Waals surface area contributed by atoms with Gasteiger partial charge in [-0.1, -0.05) is 193 Å². The highest BCUT2D eigenvalue weighted by atomic mass is 15.2. The molecule has 6 aromatic carbocycles. The van der Waals surface area contributed by atoms with Gasteiger partial charge in [0.2, 0.25) is 0 Å². The Morgan fingerprint density at radius 1 is 0.380 bits per heavy atom. The third kappa shape index (κ3) is 8.05. The van der Waals surface area contributed by atoms with E-state index in [4.69, 9.17) is 0 Å². The van der Waals surface area contributed by atoms with Crippen LogP contribution in [0.2, 0.25) is 0 Å². The number of hydrogen-bond donors (Lipinski definition) is 0. The van der Waals surface area contributed by atoms with Crippen molar-refractivity contribution in [2.24, 2.45) is 0 Å². The van der Waals surface area contributed by atoms with Crippen LogP contribution in [0.4, 0.5) is 34.1 Å². The van der Waals surface area contributed by atoms with Crippen LogP contribution in [0.5, 0.6) is 0 Å². The van der Waals surface area contributed by atoms with Crippen LogP contribution in [0.3, 0.4) is 0 Å². The molecule has 2 nitrogen and oxygen atoms in total. The molecule has 0 amide bonds. The highest BCUT2D eigenvalue weighted by molar-refractivity contribution is 7.00. The van der Waals surface area contributed by atoms with Gasteiger partial charge in [-0.25, -0.2) is 0 Å². The SMILES string of the molecule is CC(C)(C)c1ccc(N2c3ccc(C(C)(C)C)cc3B3c4cc(C(C)(C)C)ccc4N(c4cccc(C(C)(C)C)c4)c4cc(-c5c6c(cc7c5C(C)(C)CCC7(C)C)C(C)(C)CCC6(C)C)cc2c43)cc1. The minimum absolute atomic E-state index is 0.0140. The fraction of sp³-hybridized carbons (Fsp3) is 0.471. The first kappa shape index (κ1) is 49.6. The molecule has 0 bridgehead atoms. The number of benzene rings is 6. The number of fused-ring (bicyclic) bond motifs is 6. The van der Waals surface area contributed by atoms with Gasteiger partial charge in [-0.15, -0.1) is 0 Å². The van der Waals surface area contributed by atoms with Crippen LogP contribution in [0.15, 0.2) is 103 Å². The van der Waals surface area contributed by atoms with Gasteiger partial charge in [0.25, 0.3) is 6.71 Å². The molecular formula is C68H85BN2. The average molecular weight is 941 g/mol. The summed E-state index contributed by atoms with van der Waals surface area (Å²) in [5.41, 5.74) is 26.3. The number of nitrogens with zero attached hydrogens (tertiary/aromatic N) is 2. The lowest BCUT2D eigenvalue weighted by Crippen LogP contribution is -2.61. The molecule has 0 aromatic heterocycles. The number of hydrogen-bond acceptors (Lipinski definition) is 2. The van der Waals surface area contributed by atoms with Crippen LogP contribution in [0.25, 0.3) is 11.1 Å². The number of anilines is 6. The first-order chi connectivity index (χ1) is 32.7. The molecule has 2 aliphatic heterocycles. The van der Waals surface area contributed by atoms with Crippen molar-refractivity contribution in [3.8, 4) is 11.1 Å². The number of rotatable bonds is 3. The van der Waals surface area contributed by atoms with Gasteiger partial charge < -0.3 is 9.80 Å². The van der Waals surface area contributed by atoms with Gasteiger partial charge in [0, 0.05) is 34.1 Å². The van der Waals surface area contributed by atoms with E-state index in [-0.39, 0.29) is 50.0 Å². The quantitative estimate of drug-likeness (QED) is 0.163. The molecule has 2 heterocycles. The molecule has 370 valence electrons. The van der Waals surface area contributed by atoms with Crippen molar-refractivity contribution in [2.45, 2.75) is 207 Å². The second-order valence-corrected chi connectivity index (χ2v) is 29.3. The van der Waals surface area contributed by atoms with E-state index in [2.05, 4.69) is 251 Å². The van der Waals surface area contributed by atoms with E-state index in [9.17, 15) is 0 Å². The predicted molar refractivity (Wildman–Crippen MR) is 311 cm³/mol. The Hall–Kier alpha value is -5.02. The molecule has 0 unspecified atom stereocenters. The second-order valence-electron chi connectivity index (χ2n) is 29.3. The van der Waals surface area contributed by atoms with Gasteiger partial charge in [0.1, 0.15) is 0 Å². The van der Waals surface area contributed by atoms with E-state index in [0.717, 1.165) is 12.8 Å². The maximum absolute atomic E-state index is 2.72. The molecule has 2 aliphatic carbocycles. The Bertz CT molecular complexity index is 3070. The molecule has 0 radical (unpaired) electrons. The first-order valence-electron chi connectivity index (χ1n) is 27.2. The van der Waals surface area contributed by atoms with Crippen LogP contribution >= 0.6 is 0 Å². The van der Waals surface area contributed by atoms with E-state index in [1.54, 1.807) is 22.3 Å². The summed E-state index contributed by atoms with van der Waals surface area (Å²) in [4.78, 5) is 5.35. The van der Waals surface area contributed by atoms with E-state index >= 15 is 0 Å². The third-order valence-electron chi connectivity index (χ3n) is 17.9. The summed E-state index contributed by atoms with van der Waals surface area (Å²) >= 11 is 0. The van der Waals surface area contributed by atoms with Crippen LogP contribution in [-0.4, -0.2) is 6.71 Å². The van der Waals surface area contributed by atoms with Gasteiger partial charge >= 0.3 is 0 Å². The maximum atomic E-state index is 2.72. The van der Waals surface area contributed by atoms with Crippen molar-refractivity contribution in [3.63, 3.8) is 0 Å². The molecule has 0 spiro atoms. The summed E-state index contributed by atoms with van der Waals surface area (Å²) in [6, 6.07) is 42.1. The molecule has 0 saturated heterocycles. The van der Waals surface area contributed by atoms with Gasteiger partial charge in [-0.3, -0.25) is 0 Å². The average Bonchev–Trinajstić information content (AvgIpc) is 3.27. The zero-order chi connectivity index (χ0) is 51.6. The van der Waals surface area contributed by atoms with E-state index in [0.29, 0.717) is 0 Å². The Balaban J connectivity index is 1.42. The highest BCUT2D eigenvalue weighted by Crippen LogP contribution is 2.59. The van der Waals surface area contributed by atoms with Crippen LogP contribution < -0.4 is 26.2 Å². The predicted octanol–water partition coefficient (Wildman–Crippen LogP) is 17.3. The Morgan fingerprint density at radius 3 is 1.21 bits per heavy atom. The summed E-state index contributed by atoms with van der Waals surface area (Å²) in [6.07, 6.45) is 4.69. The molecule has 0 N–H and O–H groups in total. The minimum Gasteiger partial charge on any atom is -0.311 e. The van der Waals surface area contributed by atoms with Crippen molar-refractivity contribution in [3.05, 3.63) is 148 Å². The third-order valence-corrected chi connectivity index (χ3v) is 17.9. The Kier molecular flexibility index (Phi) is 11.0. The molecule has 4 aliphatic rings. The van der Waals surface area contributed by atoms with Crippen LogP contribution in [0, 0.1) is 0 Å². The Morgan fingerprint density at radius 2 is 0.775 bits per heavy atom. The fourth-order valence-electron chi connectivity index (χ4n) is 13.1. The molecule has 0 fully saturated rings. The van der Waals surface area contributed by atoms with Gasteiger partial charge in [0.05, 0.1) is 0 Å². The maximum Gasteiger partial charge on any atom is 0.252 e. The van der Waals surface area contributed by atoms with Crippen molar-refractivity contribution >= 4 is 57.2 Å². The van der Waals surface area contributed by atoms with E-state index in [1.165, 1.54) is 96.7 Å². The molecule has 6 aromatic rings. The molecule has 71 heavy (non-hydrogen) atoms. The van der Waals surface area contributed by atoms with Gasteiger partial charge in [-0.2, -0.15) is 0 Å². The van der Waals surface area contributed by atoms with Crippen LogP contribution in [0.1, 0.15) is 209 Å². The zero-order valence-electron chi connectivity index (χ0n) is 47.6. The lowest BCUT2D eigenvalue weighted by atomic mass is 9.33. The van der Waals surface area contributed by atoms with Crippen molar-refractivity contribution in [2.75, 3.05) is 9.80 Å². The Labute approximate surface area is 431 Å². The highest BCUT2D eigenvalue weighted by Gasteiger charge is 2.49. The molecular weight excluding hydrogens is 856 g/mol. The van der Waals surface area contributed by atoms with E-state index in [1.807, 2.05) is 0 Å². The largest absolute Gasteiger partial charge is 0.311 e. The van der Waals surface area contributed by atoms with Crippen molar-refractivity contribution < 1.29 is 0 Å².